The first-order valence-electron chi connectivity index (χ1n) is 10.8. The van der Waals surface area contributed by atoms with Gasteiger partial charge in [0.2, 0.25) is 0 Å². The third-order valence-corrected chi connectivity index (χ3v) is 5.89. The van der Waals surface area contributed by atoms with Crippen molar-refractivity contribution in [1.82, 2.24) is 9.88 Å². The molecule has 31 heavy (non-hydrogen) atoms. The molecular formula is C21H33N3O7. The lowest BCUT2D eigenvalue weighted by Gasteiger charge is -2.36. The molecule has 4 heterocycles. The first kappa shape index (κ1) is 22.8. The summed E-state index contributed by atoms with van der Waals surface area (Å²) in [7, 11) is 0. The molecule has 3 aliphatic rings. The lowest BCUT2D eigenvalue weighted by molar-refractivity contribution is -0.232. The number of β-amino-alcohol motifs (C(OH)–C–C–N with tert-alkyl or cyclic N) is 1. The van der Waals surface area contributed by atoms with E-state index in [1.54, 1.807) is 20.0 Å². The third kappa shape index (κ3) is 5.35. The molecule has 174 valence electrons. The molecule has 10 nitrogen and oxygen atoms in total. The van der Waals surface area contributed by atoms with Crippen LogP contribution in [0.1, 0.15) is 13.8 Å². The Balaban J connectivity index is 1.26. The Morgan fingerprint density at radius 2 is 1.97 bits per heavy atom. The van der Waals surface area contributed by atoms with Gasteiger partial charge in [0.25, 0.3) is 0 Å². The van der Waals surface area contributed by atoms with Crippen molar-refractivity contribution in [2.75, 3.05) is 50.8 Å². The van der Waals surface area contributed by atoms with Gasteiger partial charge in [0, 0.05) is 38.9 Å². The van der Waals surface area contributed by atoms with Gasteiger partial charge in [-0.25, -0.2) is 4.98 Å². The number of fused-ring (bicyclic) bond motifs is 1. The molecule has 0 aliphatic carbocycles. The summed E-state index contributed by atoms with van der Waals surface area (Å²) in [5.41, 5.74) is 0. The van der Waals surface area contributed by atoms with Crippen molar-refractivity contribution >= 4 is 5.82 Å². The van der Waals surface area contributed by atoms with E-state index in [1.807, 2.05) is 18.2 Å². The number of pyridine rings is 1. The number of rotatable bonds is 8. The van der Waals surface area contributed by atoms with Crippen molar-refractivity contribution in [2.45, 2.75) is 56.4 Å². The average molecular weight is 440 g/mol. The van der Waals surface area contributed by atoms with Crippen molar-refractivity contribution in [1.29, 1.82) is 0 Å². The summed E-state index contributed by atoms with van der Waals surface area (Å²) in [4.78, 5) is 8.82. The number of piperazine rings is 1. The molecule has 4 rings (SSSR count). The summed E-state index contributed by atoms with van der Waals surface area (Å²) in [6, 6.07) is 5.89. The van der Waals surface area contributed by atoms with Crippen LogP contribution >= 0.6 is 0 Å². The van der Waals surface area contributed by atoms with Gasteiger partial charge in [0.1, 0.15) is 30.2 Å². The topological polar surface area (TPSA) is 117 Å². The smallest absolute Gasteiger partial charge is 0.190 e. The van der Waals surface area contributed by atoms with Crippen molar-refractivity contribution in [2.24, 2.45) is 0 Å². The van der Waals surface area contributed by atoms with Gasteiger partial charge in [0.05, 0.1) is 19.3 Å². The summed E-state index contributed by atoms with van der Waals surface area (Å²) >= 11 is 0. The Labute approximate surface area is 182 Å². The summed E-state index contributed by atoms with van der Waals surface area (Å²) in [5, 5.41) is 30.0. The number of anilines is 1. The van der Waals surface area contributed by atoms with E-state index >= 15 is 0 Å². The molecule has 1 aromatic rings. The normalized spacial score (nSPS) is 32.7. The maximum atomic E-state index is 10.6. The highest BCUT2D eigenvalue weighted by atomic mass is 16.8. The molecule has 0 spiro atoms. The lowest BCUT2D eigenvalue weighted by atomic mass is 10.1. The SMILES string of the molecule is CC1(C)O[C@H]2O[C@H](C(O)CO)[C@H](OCC(O)CN3CCN(c4ccccn4)CC3)[C@H]2O1. The van der Waals surface area contributed by atoms with Gasteiger partial charge in [-0.2, -0.15) is 0 Å². The molecule has 10 heteroatoms. The van der Waals surface area contributed by atoms with Crippen LogP contribution in [0.15, 0.2) is 24.4 Å². The van der Waals surface area contributed by atoms with Gasteiger partial charge in [-0.3, -0.25) is 4.90 Å². The van der Waals surface area contributed by atoms with Crippen LogP contribution in [0.4, 0.5) is 5.82 Å². The van der Waals surface area contributed by atoms with Gasteiger partial charge in [-0.1, -0.05) is 6.07 Å². The lowest BCUT2D eigenvalue weighted by Crippen LogP contribution is -2.50. The quantitative estimate of drug-likeness (QED) is 0.474. The average Bonchev–Trinajstić information content (AvgIpc) is 3.24. The second kappa shape index (κ2) is 9.63. The van der Waals surface area contributed by atoms with E-state index in [0.717, 1.165) is 32.0 Å². The zero-order valence-corrected chi connectivity index (χ0v) is 18.0. The molecular weight excluding hydrogens is 406 g/mol. The van der Waals surface area contributed by atoms with Crippen LogP contribution < -0.4 is 4.90 Å². The summed E-state index contributed by atoms with van der Waals surface area (Å²) in [6.07, 6.45) is -2.68. The molecule has 3 aliphatic heterocycles. The summed E-state index contributed by atoms with van der Waals surface area (Å²) < 4.78 is 23.3. The van der Waals surface area contributed by atoms with Crippen LogP contribution in [0.5, 0.6) is 0 Å². The highest BCUT2D eigenvalue weighted by Gasteiger charge is 2.57. The van der Waals surface area contributed by atoms with Crippen LogP contribution in [-0.2, 0) is 18.9 Å². The number of hydrogen-bond acceptors (Lipinski definition) is 10. The van der Waals surface area contributed by atoms with E-state index in [9.17, 15) is 15.3 Å². The van der Waals surface area contributed by atoms with Crippen molar-refractivity contribution in [3.63, 3.8) is 0 Å². The molecule has 0 amide bonds. The molecule has 0 aromatic carbocycles. The van der Waals surface area contributed by atoms with Crippen molar-refractivity contribution in [3.8, 4) is 0 Å². The summed E-state index contributed by atoms with van der Waals surface area (Å²) in [5.74, 6) is 0.148. The van der Waals surface area contributed by atoms with E-state index in [4.69, 9.17) is 18.9 Å². The maximum absolute atomic E-state index is 10.6. The van der Waals surface area contributed by atoms with E-state index in [0.29, 0.717) is 6.54 Å². The Morgan fingerprint density at radius 3 is 2.65 bits per heavy atom. The predicted molar refractivity (Wildman–Crippen MR) is 110 cm³/mol. The largest absolute Gasteiger partial charge is 0.394 e. The van der Waals surface area contributed by atoms with E-state index in [2.05, 4.69) is 14.8 Å². The molecule has 0 bridgehead atoms. The highest BCUT2D eigenvalue weighted by molar-refractivity contribution is 5.38. The van der Waals surface area contributed by atoms with E-state index in [1.165, 1.54) is 0 Å². The summed E-state index contributed by atoms with van der Waals surface area (Å²) in [6.45, 7) is 6.97. The zero-order chi connectivity index (χ0) is 22.0. The molecule has 3 saturated heterocycles. The minimum atomic E-state index is -1.12. The standard InChI is InChI=1S/C21H33N3O7/c1-21(2)30-19-18(17(15(27)12-25)29-20(19)31-21)28-13-14(26)11-23-7-9-24(10-8-23)16-5-3-4-6-22-16/h3-6,14-15,17-20,25-27H,7-13H2,1-2H3/t14?,15?,17-,18+,19-,20-/m1/s1. The molecule has 3 fully saturated rings. The third-order valence-electron chi connectivity index (χ3n) is 5.89. The number of aliphatic hydroxyl groups is 3. The molecule has 0 radical (unpaired) electrons. The van der Waals surface area contributed by atoms with Crippen LogP contribution in [0, 0.1) is 0 Å². The molecule has 0 saturated carbocycles. The predicted octanol–water partition coefficient (Wildman–Crippen LogP) is -0.821. The number of nitrogens with zero attached hydrogens (tertiary/aromatic N) is 3. The second-order valence-electron chi connectivity index (χ2n) is 8.75. The van der Waals surface area contributed by atoms with Crippen LogP contribution in [0.25, 0.3) is 0 Å². The van der Waals surface area contributed by atoms with E-state index in [-0.39, 0.29) is 6.61 Å². The van der Waals surface area contributed by atoms with Crippen LogP contribution in [0.3, 0.4) is 0 Å². The second-order valence-corrected chi connectivity index (χ2v) is 8.75. The zero-order valence-electron chi connectivity index (χ0n) is 18.0. The minimum Gasteiger partial charge on any atom is -0.394 e. The Kier molecular flexibility index (Phi) is 7.09. The highest BCUT2D eigenvalue weighted by Crippen LogP contribution is 2.39. The molecule has 6 atom stereocenters. The fraction of sp³-hybridized carbons (Fsp3) is 0.762. The first-order valence-corrected chi connectivity index (χ1v) is 10.8. The van der Waals surface area contributed by atoms with Gasteiger partial charge in [0.15, 0.2) is 12.1 Å². The van der Waals surface area contributed by atoms with Gasteiger partial charge in [-0.05, 0) is 26.0 Å². The van der Waals surface area contributed by atoms with Gasteiger partial charge >= 0.3 is 0 Å². The Morgan fingerprint density at radius 1 is 1.19 bits per heavy atom. The van der Waals surface area contributed by atoms with Gasteiger partial charge in [-0.15, -0.1) is 0 Å². The van der Waals surface area contributed by atoms with Gasteiger partial charge < -0.3 is 39.2 Å². The van der Waals surface area contributed by atoms with Crippen LogP contribution in [0.2, 0.25) is 0 Å². The number of hydrogen-bond donors (Lipinski definition) is 3. The maximum Gasteiger partial charge on any atom is 0.190 e. The van der Waals surface area contributed by atoms with E-state index < -0.39 is 49.2 Å². The number of aliphatic hydroxyl groups excluding tert-OH is 3. The molecule has 1 aromatic heterocycles. The van der Waals surface area contributed by atoms with Crippen molar-refractivity contribution in [3.05, 3.63) is 24.4 Å². The Bertz CT molecular complexity index is 701. The fourth-order valence-corrected chi connectivity index (χ4v) is 4.38. The first-order chi connectivity index (χ1) is 14.9. The van der Waals surface area contributed by atoms with Crippen LogP contribution in [-0.4, -0.2) is 114 Å². The monoisotopic (exact) mass is 439 g/mol. The van der Waals surface area contributed by atoms with Crippen molar-refractivity contribution < 1.29 is 34.3 Å². The Hall–Kier alpha value is -1.37. The molecule has 3 N–H and O–H groups in total. The number of ether oxygens (including phenoxy) is 4. The fourth-order valence-electron chi connectivity index (χ4n) is 4.38. The number of aromatic nitrogens is 1. The minimum absolute atomic E-state index is 0.0656. The molecule has 2 unspecified atom stereocenters.